The molecule has 0 aromatic heterocycles. The molecule has 0 amide bonds. The fourth-order valence-electron chi connectivity index (χ4n) is 4.75. The van der Waals surface area contributed by atoms with Crippen LogP contribution in [0.4, 0.5) is 4.79 Å². The summed E-state index contributed by atoms with van der Waals surface area (Å²) < 4.78 is 4.10. The molecule has 0 heterocycles. The Morgan fingerprint density at radius 2 is 1.56 bits per heavy atom. The summed E-state index contributed by atoms with van der Waals surface area (Å²) in [6.45, 7) is 0. The summed E-state index contributed by atoms with van der Waals surface area (Å²) >= 11 is 0. The van der Waals surface area contributed by atoms with Gasteiger partial charge in [0, 0.05) is 6.08 Å². The lowest BCUT2D eigenvalue weighted by atomic mass is 9.49. The molecule has 4 bridgehead atoms. The molecule has 4 nitrogen and oxygen atoms in total. The first kappa shape index (κ1) is 11.8. The third-order valence-corrected chi connectivity index (χ3v) is 4.85. The van der Waals surface area contributed by atoms with Crippen molar-refractivity contribution in [3.8, 4) is 0 Å². The monoisotopic (exact) mass is 250 g/mol. The Bertz CT molecular complexity index is 375. The van der Waals surface area contributed by atoms with E-state index in [1.54, 1.807) is 0 Å². The first-order chi connectivity index (χ1) is 8.55. The van der Waals surface area contributed by atoms with E-state index >= 15 is 0 Å². The summed E-state index contributed by atoms with van der Waals surface area (Å²) in [6.07, 6.45) is 9.27. The van der Waals surface area contributed by atoms with Crippen molar-refractivity contribution in [3.05, 3.63) is 12.2 Å². The van der Waals surface area contributed by atoms with E-state index in [2.05, 4.69) is 4.74 Å². The number of allylic oxidation sites excluding steroid dienone is 1. The van der Waals surface area contributed by atoms with Crippen molar-refractivity contribution in [1.29, 1.82) is 0 Å². The van der Waals surface area contributed by atoms with Crippen LogP contribution in [0, 0.1) is 23.2 Å². The fraction of sp³-hybridized carbons (Fsp3) is 0.714. The maximum atomic E-state index is 11.3. The molecule has 1 N–H and O–H groups in total. The zero-order valence-corrected chi connectivity index (χ0v) is 10.3. The van der Waals surface area contributed by atoms with E-state index in [0.29, 0.717) is 0 Å². The topological polar surface area (TPSA) is 63.6 Å². The second kappa shape index (κ2) is 4.11. The van der Waals surface area contributed by atoms with Gasteiger partial charge in [-0.05, 0) is 61.7 Å². The summed E-state index contributed by atoms with van der Waals surface area (Å²) in [5.74, 6) is 1.68. The number of rotatable bonds is 2. The van der Waals surface area contributed by atoms with E-state index in [1.165, 1.54) is 25.3 Å². The van der Waals surface area contributed by atoms with Crippen molar-refractivity contribution < 1.29 is 19.4 Å². The highest BCUT2D eigenvalue weighted by Gasteiger charge is 2.49. The van der Waals surface area contributed by atoms with Gasteiger partial charge in [-0.15, -0.1) is 0 Å². The number of hydrogen-bond acceptors (Lipinski definition) is 3. The van der Waals surface area contributed by atoms with Gasteiger partial charge in [0.05, 0.1) is 0 Å². The van der Waals surface area contributed by atoms with Gasteiger partial charge >= 0.3 is 12.1 Å². The van der Waals surface area contributed by atoms with Gasteiger partial charge in [-0.25, -0.2) is 9.59 Å². The van der Waals surface area contributed by atoms with Gasteiger partial charge in [-0.2, -0.15) is 0 Å². The molecule has 0 aromatic carbocycles. The number of esters is 1. The molecule has 0 radical (unpaired) electrons. The maximum Gasteiger partial charge on any atom is 0.513 e. The van der Waals surface area contributed by atoms with Crippen molar-refractivity contribution >= 4 is 12.1 Å². The predicted octanol–water partition coefficient (Wildman–Crippen LogP) is 2.98. The van der Waals surface area contributed by atoms with E-state index in [-0.39, 0.29) is 5.41 Å². The van der Waals surface area contributed by atoms with Crippen LogP contribution in [0.2, 0.25) is 0 Å². The van der Waals surface area contributed by atoms with Gasteiger partial charge < -0.3 is 9.84 Å². The molecule has 4 heteroatoms. The van der Waals surface area contributed by atoms with Crippen LogP contribution in [0.5, 0.6) is 0 Å². The van der Waals surface area contributed by atoms with Gasteiger partial charge in [0.1, 0.15) is 0 Å². The molecule has 0 aliphatic heterocycles. The molecule has 4 rings (SSSR count). The minimum absolute atomic E-state index is 0.145. The second-order valence-electron chi connectivity index (χ2n) is 6.30. The smallest absolute Gasteiger partial charge is 0.449 e. The van der Waals surface area contributed by atoms with E-state index in [0.717, 1.165) is 37.0 Å². The van der Waals surface area contributed by atoms with Crippen molar-refractivity contribution in [1.82, 2.24) is 0 Å². The Balaban J connectivity index is 1.70. The summed E-state index contributed by atoms with van der Waals surface area (Å²) in [5, 5.41) is 8.37. The normalized spacial score (nSPS) is 41.2. The van der Waals surface area contributed by atoms with Crippen LogP contribution < -0.4 is 0 Å². The summed E-state index contributed by atoms with van der Waals surface area (Å²) in [5.41, 5.74) is 0.145. The van der Waals surface area contributed by atoms with Crippen LogP contribution in [0.15, 0.2) is 12.2 Å². The quantitative estimate of drug-likeness (QED) is 0.465. The standard InChI is InChI=1S/C14H18O4/c15-12(18-13(16)17)1-2-14-6-9-3-10(7-14)5-11(4-9)8-14/h1-2,9-11H,3-8H2,(H,16,17). The Labute approximate surface area is 106 Å². The first-order valence-corrected chi connectivity index (χ1v) is 6.69. The third kappa shape index (κ3) is 2.16. The van der Waals surface area contributed by atoms with E-state index in [1.807, 2.05) is 6.08 Å². The SMILES string of the molecule is O=C(O)OC(=O)C=CC12CC3CC(CC(C3)C1)C2. The highest BCUT2D eigenvalue weighted by Crippen LogP contribution is 2.60. The number of carboxylic acid groups (broad SMARTS) is 1. The van der Waals surface area contributed by atoms with Crippen LogP contribution >= 0.6 is 0 Å². The maximum absolute atomic E-state index is 11.3. The van der Waals surface area contributed by atoms with Gasteiger partial charge in [0.2, 0.25) is 0 Å². The highest BCUT2D eigenvalue weighted by molar-refractivity contribution is 5.89. The molecule has 0 spiro atoms. The molecule has 4 aliphatic rings. The average Bonchev–Trinajstić information content (AvgIpc) is 2.23. The third-order valence-electron chi connectivity index (χ3n) is 4.85. The average molecular weight is 250 g/mol. The molecule has 4 fully saturated rings. The molecule has 4 saturated carbocycles. The largest absolute Gasteiger partial charge is 0.513 e. The van der Waals surface area contributed by atoms with E-state index < -0.39 is 12.1 Å². The number of carbonyl (C=O) groups is 2. The minimum atomic E-state index is -1.53. The number of ether oxygens (including phenoxy) is 1. The molecule has 0 unspecified atom stereocenters. The Morgan fingerprint density at radius 3 is 2.00 bits per heavy atom. The second-order valence-corrected chi connectivity index (χ2v) is 6.30. The van der Waals surface area contributed by atoms with Gasteiger partial charge in [-0.1, -0.05) is 6.08 Å². The van der Waals surface area contributed by atoms with Crippen LogP contribution in [0.25, 0.3) is 0 Å². The lowest BCUT2D eigenvalue weighted by Gasteiger charge is -2.55. The highest BCUT2D eigenvalue weighted by atomic mass is 16.7. The number of hydrogen-bond donors (Lipinski definition) is 1. The molecule has 0 saturated heterocycles. The lowest BCUT2D eigenvalue weighted by molar-refractivity contribution is -0.133. The molecule has 0 aromatic rings. The van der Waals surface area contributed by atoms with Crippen LogP contribution in [-0.2, 0) is 9.53 Å². The molecule has 18 heavy (non-hydrogen) atoms. The minimum Gasteiger partial charge on any atom is -0.449 e. The first-order valence-electron chi connectivity index (χ1n) is 6.69. The Hall–Kier alpha value is -1.32. The van der Waals surface area contributed by atoms with Gasteiger partial charge in [0.25, 0.3) is 0 Å². The number of carbonyl (C=O) groups excluding carboxylic acids is 1. The molecule has 98 valence electrons. The summed E-state index contributed by atoms with van der Waals surface area (Å²) in [7, 11) is 0. The van der Waals surface area contributed by atoms with Gasteiger partial charge in [0.15, 0.2) is 0 Å². The lowest BCUT2D eigenvalue weighted by Crippen LogP contribution is -2.45. The van der Waals surface area contributed by atoms with Crippen molar-refractivity contribution in [2.45, 2.75) is 38.5 Å². The zero-order valence-electron chi connectivity index (χ0n) is 10.3. The van der Waals surface area contributed by atoms with Crippen LogP contribution in [0.3, 0.4) is 0 Å². The molecular formula is C14H18O4. The molecule has 4 aliphatic carbocycles. The van der Waals surface area contributed by atoms with Crippen molar-refractivity contribution in [3.63, 3.8) is 0 Å². The zero-order chi connectivity index (χ0) is 12.8. The van der Waals surface area contributed by atoms with E-state index in [9.17, 15) is 9.59 Å². The van der Waals surface area contributed by atoms with Crippen LogP contribution in [0.1, 0.15) is 38.5 Å². The molecule has 0 atom stereocenters. The predicted molar refractivity (Wildman–Crippen MR) is 63.9 cm³/mol. The van der Waals surface area contributed by atoms with E-state index in [4.69, 9.17) is 5.11 Å². The molecular weight excluding hydrogens is 232 g/mol. The van der Waals surface area contributed by atoms with Crippen molar-refractivity contribution in [2.75, 3.05) is 0 Å². The van der Waals surface area contributed by atoms with Crippen molar-refractivity contribution in [2.24, 2.45) is 23.2 Å². The summed E-state index contributed by atoms with van der Waals surface area (Å²) in [4.78, 5) is 21.5. The Morgan fingerprint density at radius 1 is 1.06 bits per heavy atom. The Kier molecular flexibility index (Phi) is 2.68. The van der Waals surface area contributed by atoms with Gasteiger partial charge in [-0.3, -0.25) is 0 Å². The fourth-order valence-corrected chi connectivity index (χ4v) is 4.75. The summed E-state index contributed by atoms with van der Waals surface area (Å²) in [6, 6.07) is 0. The van der Waals surface area contributed by atoms with Crippen LogP contribution in [-0.4, -0.2) is 17.2 Å².